The highest BCUT2D eigenvalue weighted by Gasteiger charge is 2.85. The molecule has 4 fully saturated rings. The van der Waals surface area contributed by atoms with Crippen molar-refractivity contribution in [3.8, 4) is 11.7 Å². The van der Waals surface area contributed by atoms with E-state index in [4.69, 9.17) is 14.8 Å². The summed E-state index contributed by atoms with van der Waals surface area (Å²) in [6.07, 6.45) is 12.0. The minimum Gasteiger partial charge on any atom is -0.477 e. The van der Waals surface area contributed by atoms with E-state index in [-0.39, 0.29) is 11.4 Å². The van der Waals surface area contributed by atoms with Gasteiger partial charge in [-0.15, -0.1) is 5.10 Å². The number of carbonyl (C=O) groups is 1. The van der Waals surface area contributed by atoms with Gasteiger partial charge in [-0.25, -0.2) is 14.6 Å². The molecule has 0 aromatic carbocycles. The van der Waals surface area contributed by atoms with E-state index in [1.807, 2.05) is 42.6 Å². The number of pyridine rings is 2. The first-order valence-corrected chi connectivity index (χ1v) is 16.3. The van der Waals surface area contributed by atoms with E-state index < -0.39 is 0 Å². The lowest BCUT2D eigenvalue weighted by Crippen LogP contribution is -2.40. The van der Waals surface area contributed by atoms with Crippen molar-refractivity contribution < 1.29 is 9.53 Å². The van der Waals surface area contributed by atoms with Crippen LogP contribution in [0.25, 0.3) is 5.82 Å². The van der Waals surface area contributed by atoms with Gasteiger partial charge in [0.05, 0.1) is 12.2 Å². The molecule has 8 rings (SSSR count). The van der Waals surface area contributed by atoms with Crippen molar-refractivity contribution in [1.82, 2.24) is 24.5 Å². The molecule has 3 saturated carbocycles. The molecule has 0 unspecified atom stereocenters. The molecule has 2 N–H and O–H groups in total. The summed E-state index contributed by atoms with van der Waals surface area (Å²) in [5.74, 6) is 4.03. The van der Waals surface area contributed by atoms with E-state index in [0.29, 0.717) is 39.8 Å². The van der Waals surface area contributed by atoms with Gasteiger partial charge in [-0.2, -0.15) is 0 Å². The highest BCUT2D eigenvalue weighted by Crippen LogP contribution is 2.93. The lowest BCUT2D eigenvalue weighted by Gasteiger charge is -2.34. The lowest BCUT2D eigenvalue weighted by molar-refractivity contribution is 0.0984. The average Bonchev–Trinajstić information content (AvgIpc) is 3.93. The number of fused-ring (bicyclic) bond motifs is 7. The number of aromatic nitrogens is 4. The highest BCUT2D eigenvalue weighted by molar-refractivity contribution is 7.97. The Balaban J connectivity index is 1.04. The van der Waals surface area contributed by atoms with Gasteiger partial charge in [0.1, 0.15) is 16.7 Å². The summed E-state index contributed by atoms with van der Waals surface area (Å²) in [5, 5.41) is 8.89. The number of carbonyl (C=O) groups excluding carboxylic acids is 1. The molecule has 3 aromatic heterocycles. The molecule has 5 aliphatic rings. The molecule has 1 saturated heterocycles. The molecule has 0 radical (unpaired) electrons. The molecule has 4 bridgehead atoms. The molecule has 1 amide bonds. The number of rotatable bonds is 5. The number of nitrogens with zero attached hydrogens (tertiary/aromatic N) is 5. The molecule has 1 atom stereocenters. The van der Waals surface area contributed by atoms with Crippen LogP contribution in [0.2, 0.25) is 0 Å². The Labute approximate surface area is 251 Å². The van der Waals surface area contributed by atoms with Gasteiger partial charge in [-0.1, -0.05) is 6.07 Å². The molecule has 3 aliphatic carbocycles. The third-order valence-electron chi connectivity index (χ3n) is 10.7. The molecule has 220 valence electrons. The van der Waals surface area contributed by atoms with E-state index >= 15 is 0 Å². The van der Waals surface area contributed by atoms with Crippen LogP contribution in [0.3, 0.4) is 0 Å². The molecule has 42 heavy (non-hydrogen) atoms. The van der Waals surface area contributed by atoms with Crippen molar-refractivity contribution in [2.75, 3.05) is 29.9 Å². The SMILES string of the molecule is CC1(C)C[C@@H]2CCCNc3cccc(n3)SNC(=O)c3ccc(-n4ccc(OCCC5C6(CC6)C56CC6)n4)nc3N1C2. The Morgan fingerprint density at radius 3 is 2.71 bits per heavy atom. The molecule has 2 aliphatic heterocycles. The zero-order valence-corrected chi connectivity index (χ0v) is 25.3. The van der Waals surface area contributed by atoms with Crippen molar-refractivity contribution in [3.05, 3.63) is 48.2 Å². The van der Waals surface area contributed by atoms with Crippen LogP contribution in [0.4, 0.5) is 11.6 Å². The second-order valence-electron chi connectivity index (χ2n) is 13.6. The molecule has 9 nitrogen and oxygen atoms in total. The van der Waals surface area contributed by atoms with Crippen molar-refractivity contribution in [2.45, 2.75) is 75.8 Å². The van der Waals surface area contributed by atoms with Gasteiger partial charge in [-0.05, 0) is 112 Å². The Hall–Kier alpha value is -3.27. The molecular formula is C32H39N7O2S. The van der Waals surface area contributed by atoms with Crippen molar-refractivity contribution in [1.29, 1.82) is 0 Å². The Morgan fingerprint density at radius 2 is 1.90 bits per heavy atom. The van der Waals surface area contributed by atoms with Gasteiger partial charge in [-0.3, -0.25) is 9.52 Å². The van der Waals surface area contributed by atoms with Crippen molar-refractivity contribution in [2.24, 2.45) is 22.7 Å². The second-order valence-corrected chi connectivity index (χ2v) is 14.4. The summed E-state index contributed by atoms with van der Waals surface area (Å²) < 4.78 is 10.9. The first kappa shape index (κ1) is 26.4. The summed E-state index contributed by atoms with van der Waals surface area (Å²) in [4.78, 5) is 25.6. The fourth-order valence-electron chi connectivity index (χ4n) is 8.38. The largest absolute Gasteiger partial charge is 0.477 e. The van der Waals surface area contributed by atoms with Crippen LogP contribution in [-0.4, -0.2) is 50.9 Å². The summed E-state index contributed by atoms with van der Waals surface area (Å²) in [6.45, 7) is 6.96. The van der Waals surface area contributed by atoms with Crippen LogP contribution in [0, 0.1) is 22.7 Å². The Morgan fingerprint density at radius 1 is 1.07 bits per heavy atom. The van der Waals surface area contributed by atoms with E-state index in [9.17, 15) is 4.79 Å². The summed E-state index contributed by atoms with van der Waals surface area (Å²) in [5.41, 5.74) is 1.84. The molecule has 3 aromatic rings. The monoisotopic (exact) mass is 585 g/mol. The van der Waals surface area contributed by atoms with Gasteiger partial charge in [0, 0.05) is 42.8 Å². The fourth-order valence-corrected chi connectivity index (χ4v) is 8.98. The zero-order valence-electron chi connectivity index (χ0n) is 24.4. The maximum Gasteiger partial charge on any atom is 0.265 e. The van der Waals surface area contributed by atoms with Crippen LogP contribution >= 0.6 is 11.9 Å². The van der Waals surface area contributed by atoms with Crippen LogP contribution < -0.4 is 19.7 Å². The summed E-state index contributed by atoms with van der Waals surface area (Å²) >= 11 is 1.23. The van der Waals surface area contributed by atoms with Gasteiger partial charge in [0.25, 0.3) is 5.91 Å². The van der Waals surface area contributed by atoms with Crippen LogP contribution in [-0.2, 0) is 0 Å². The van der Waals surface area contributed by atoms with Crippen LogP contribution in [0.1, 0.15) is 75.6 Å². The van der Waals surface area contributed by atoms with E-state index in [0.717, 1.165) is 62.1 Å². The summed E-state index contributed by atoms with van der Waals surface area (Å²) in [7, 11) is 0. The molecule has 2 spiro atoms. The maximum absolute atomic E-state index is 13.6. The molecule has 5 heterocycles. The Kier molecular flexibility index (Phi) is 6.04. The fraction of sp³-hybridized carbons (Fsp3) is 0.562. The van der Waals surface area contributed by atoms with Gasteiger partial charge < -0.3 is 15.0 Å². The highest BCUT2D eigenvalue weighted by atomic mass is 32.2. The maximum atomic E-state index is 13.6. The van der Waals surface area contributed by atoms with Crippen LogP contribution in [0.15, 0.2) is 47.6 Å². The standard InChI is InChI=1S/C32H39N7O2S/c1-30(2)19-21-5-4-16-33-24-6-3-7-27(34-24)42-37-29(40)22-8-9-25(35-28(22)38(30)20-21)39-17-10-26(36-39)41-18-11-23-31(12-13-31)32(23)14-15-32/h3,6-10,17,21,23H,4-5,11-16,18-20H2,1-2H3,(H,33,34)(H,37,40)/t21-/m0/s1. The number of nitrogens with one attached hydrogen (secondary N) is 2. The number of amides is 1. The topological polar surface area (TPSA) is 97.2 Å². The van der Waals surface area contributed by atoms with Crippen molar-refractivity contribution in [3.63, 3.8) is 0 Å². The molecule has 10 heteroatoms. The number of hydrogen-bond donors (Lipinski definition) is 2. The van der Waals surface area contributed by atoms with Crippen LogP contribution in [0.5, 0.6) is 5.88 Å². The predicted molar refractivity (Wildman–Crippen MR) is 163 cm³/mol. The zero-order chi connectivity index (χ0) is 28.5. The first-order valence-electron chi connectivity index (χ1n) is 15.5. The minimum atomic E-state index is -0.185. The van der Waals surface area contributed by atoms with Gasteiger partial charge in [0.15, 0.2) is 5.82 Å². The Bertz CT molecular complexity index is 1510. The van der Waals surface area contributed by atoms with Crippen molar-refractivity contribution >= 4 is 29.5 Å². The average molecular weight is 586 g/mol. The number of ether oxygens (including phenoxy) is 1. The summed E-state index contributed by atoms with van der Waals surface area (Å²) in [6, 6.07) is 11.5. The first-order chi connectivity index (χ1) is 20.4. The number of anilines is 2. The number of hydrogen-bond acceptors (Lipinski definition) is 8. The quantitative estimate of drug-likeness (QED) is 0.359. The van der Waals surface area contributed by atoms with Gasteiger partial charge in [0.2, 0.25) is 5.88 Å². The van der Waals surface area contributed by atoms with E-state index in [1.165, 1.54) is 37.6 Å². The van der Waals surface area contributed by atoms with E-state index in [1.54, 1.807) is 4.68 Å². The third-order valence-corrected chi connectivity index (χ3v) is 11.4. The predicted octanol–water partition coefficient (Wildman–Crippen LogP) is 5.87. The third kappa shape index (κ3) is 4.44. The van der Waals surface area contributed by atoms with E-state index in [2.05, 4.69) is 33.8 Å². The molecular weight excluding hydrogens is 546 g/mol. The lowest BCUT2D eigenvalue weighted by atomic mass is 9.93. The smallest absolute Gasteiger partial charge is 0.265 e. The normalized spacial score (nSPS) is 24.8. The minimum absolute atomic E-state index is 0.131. The van der Waals surface area contributed by atoms with Gasteiger partial charge >= 0.3 is 0 Å². The second kappa shape index (κ2) is 9.62.